The molecular formula is C18H20N2O7S. The minimum absolute atomic E-state index is 0.0324. The van der Waals surface area contributed by atoms with Crippen LogP contribution in [0.5, 0.6) is 17.2 Å². The van der Waals surface area contributed by atoms with Crippen molar-refractivity contribution in [2.75, 3.05) is 26.5 Å². The lowest BCUT2D eigenvalue weighted by Crippen LogP contribution is -2.22. The highest BCUT2D eigenvalue weighted by Crippen LogP contribution is 2.32. The molecule has 2 rings (SSSR count). The van der Waals surface area contributed by atoms with E-state index in [0.29, 0.717) is 11.4 Å². The fourth-order valence-electron chi connectivity index (χ4n) is 2.20. The van der Waals surface area contributed by atoms with Crippen molar-refractivity contribution < 1.29 is 32.6 Å². The molecule has 0 aliphatic rings. The molecule has 2 N–H and O–H groups in total. The third-order valence-corrected chi connectivity index (χ3v) is 5.42. The lowest BCUT2D eigenvalue weighted by atomic mass is 10.3. The van der Waals surface area contributed by atoms with Crippen LogP contribution in [0.15, 0.2) is 47.4 Å². The summed E-state index contributed by atoms with van der Waals surface area (Å²) < 4.78 is 36.8. The second-order valence-electron chi connectivity index (χ2n) is 5.85. The molecular weight excluding hydrogens is 388 g/mol. The predicted molar refractivity (Wildman–Crippen MR) is 101 cm³/mol. The van der Waals surface area contributed by atoms with E-state index in [0.717, 1.165) is 4.31 Å². The van der Waals surface area contributed by atoms with E-state index in [-0.39, 0.29) is 16.4 Å². The molecule has 28 heavy (non-hydrogen) atoms. The predicted octanol–water partition coefficient (Wildman–Crippen LogP) is 2.15. The number of sulfonamides is 1. The number of methoxy groups -OCH3 is 1. The van der Waals surface area contributed by atoms with Gasteiger partial charge in [-0.05, 0) is 36.4 Å². The van der Waals surface area contributed by atoms with Crippen molar-refractivity contribution in [3.63, 3.8) is 0 Å². The van der Waals surface area contributed by atoms with E-state index in [4.69, 9.17) is 14.6 Å². The summed E-state index contributed by atoms with van der Waals surface area (Å²) in [6.45, 7) is 0. The zero-order valence-corrected chi connectivity index (χ0v) is 16.3. The van der Waals surface area contributed by atoms with Crippen LogP contribution in [0.2, 0.25) is 0 Å². The van der Waals surface area contributed by atoms with Gasteiger partial charge in [0.15, 0.2) is 0 Å². The standard InChI is InChI=1S/C18H20N2O7S/c1-20(2)28(24,25)16-10-14(8-9-15(16)26-3)27-13-6-4-12(5-7-13)19-17(21)11-18(22)23/h4-10H,11H2,1-3H3,(H,19,21)(H,22,23). The topological polar surface area (TPSA) is 122 Å². The van der Waals surface area contributed by atoms with Gasteiger partial charge in [-0.3, -0.25) is 9.59 Å². The van der Waals surface area contributed by atoms with E-state index < -0.39 is 28.3 Å². The van der Waals surface area contributed by atoms with Gasteiger partial charge in [0.05, 0.1) is 7.11 Å². The van der Waals surface area contributed by atoms with Gasteiger partial charge in [-0.1, -0.05) is 0 Å². The zero-order chi connectivity index (χ0) is 20.9. The third kappa shape index (κ3) is 5.21. The van der Waals surface area contributed by atoms with E-state index in [1.807, 2.05) is 0 Å². The molecule has 0 spiro atoms. The Morgan fingerprint density at radius 2 is 1.68 bits per heavy atom. The Morgan fingerprint density at radius 1 is 1.07 bits per heavy atom. The number of hydrogen-bond acceptors (Lipinski definition) is 6. The van der Waals surface area contributed by atoms with Gasteiger partial charge in [0.25, 0.3) is 0 Å². The second kappa shape index (κ2) is 8.72. The normalized spacial score (nSPS) is 11.1. The highest BCUT2D eigenvalue weighted by atomic mass is 32.2. The first kappa shape index (κ1) is 21.2. The summed E-state index contributed by atoms with van der Waals surface area (Å²) in [6.07, 6.45) is -0.632. The van der Waals surface area contributed by atoms with Gasteiger partial charge in [0.1, 0.15) is 28.6 Å². The van der Waals surface area contributed by atoms with Crippen molar-refractivity contribution in [1.82, 2.24) is 4.31 Å². The Kier molecular flexibility index (Phi) is 6.60. The molecule has 0 saturated carbocycles. The number of hydrogen-bond donors (Lipinski definition) is 2. The molecule has 0 radical (unpaired) electrons. The summed E-state index contributed by atoms with van der Waals surface area (Å²) in [4.78, 5) is 21.9. The van der Waals surface area contributed by atoms with E-state index in [9.17, 15) is 18.0 Å². The van der Waals surface area contributed by atoms with Crippen LogP contribution >= 0.6 is 0 Å². The molecule has 0 saturated heterocycles. The van der Waals surface area contributed by atoms with Crippen molar-refractivity contribution in [3.05, 3.63) is 42.5 Å². The molecule has 1 amide bonds. The number of amides is 1. The number of carbonyl (C=O) groups is 2. The lowest BCUT2D eigenvalue weighted by molar-refractivity contribution is -0.139. The third-order valence-electron chi connectivity index (χ3n) is 3.58. The van der Waals surface area contributed by atoms with E-state index in [1.54, 1.807) is 18.2 Å². The number of rotatable bonds is 8. The van der Waals surface area contributed by atoms with Crippen molar-refractivity contribution in [2.45, 2.75) is 11.3 Å². The smallest absolute Gasteiger partial charge is 0.312 e. The molecule has 0 aromatic heterocycles. The van der Waals surface area contributed by atoms with Crippen molar-refractivity contribution in [3.8, 4) is 17.2 Å². The van der Waals surface area contributed by atoms with E-state index in [1.165, 1.54) is 45.5 Å². The quantitative estimate of drug-likeness (QED) is 0.642. The molecule has 2 aromatic carbocycles. The Labute approximate surface area is 162 Å². The Bertz CT molecular complexity index is 970. The van der Waals surface area contributed by atoms with Gasteiger partial charge in [-0.15, -0.1) is 0 Å². The number of carbonyl (C=O) groups excluding carboxylic acids is 1. The minimum atomic E-state index is -3.73. The number of nitrogens with zero attached hydrogens (tertiary/aromatic N) is 1. The minimum Gasteiger partial charge on any atom is -0.495 e. The highest BCUT2D eigenvalue weighted by Gasteiger charge is 2.23. The van der Waals surface area contributed by atoms with Crippen LogP contribution in [0.4, 0.5) is 5.69 Å². The summed E-state index contributed by atoms with van der Waals surface area (Å²) in [7, 11) is 0.478. The molecule has 150 valence electrons. The van der Waals surface area contributed by atoms with Gasteiger partial charge < -0.3 is 19.9 Å². The molecule has 0 fully saturated rings. The Balaban J connectivity index is 2.20. The average molecular weight is 408 g/mol. The number of ether oxygens (including phenoxy) is 2. The number of carboxylic acid groups (broad SMARTS) is 1. The maximum absolute atomic E-state index is 12.4. The maximum Gasteiger partial charge on any atom is 0.312 e. The first-order valence-corrected chi connectivity index (χ1v) is 9.47. The number of anilines is 1. The van der Waals surface area contributed by atoms with Crippen LogP contribution in [-0.4, -0.2) is 50.9 Å². The zero-order valence-electron chi connectivity index (χ0n) is 15.5. The van der Waals surface area contributed by atoms with Crippen LogP contribution in [0.1, 0.15) is 6.42 Å². The highest BCUT2D eigenvalue weighted by molar-refractivity contribution is 7.89. The van der Waals surface area contributed by atoms with Crippen LogP contribution in [0, 0.1) is 0 Å². The molecule has 0 heterocycles. The summed E-state index contributed by atoms with van der Waals surface area (Å²) in [5, 5.41) is 11.0. The van der Waals surface area contributed by atoms with Crippen LogP contribution in [0.25, 0.3) is 0 Å². The largest absolute Gasteiger partial charge is 0.495 e. The summed E-state index contributed by atoms with van der Waals surface area (Å²) >= 11 is 0. The van der Waals surface area contributed by atoms with Gasteiger partial charge >= 0.3 is 5.97 Å². The molecule has 2 aromatic rings. The van der Waals surface area contributed by atoms with Crippen LogP contribution < -0.4 is 14.8 Å². The number of carboxylic acids is 1. The molecule has 9 nitrogen and oxygen atoms in total. The number of nitrogens with one attached hydrogen (secondary N) is 1. The first-order valence-electron chi connectivity index (χ1n) is 8.03. The van der Waals surface area contributed by atoms with E-state index in [2.05, 4.69) is 5.32 Å². The van der Waals surface area contributed by atoms with Gasteiger partial charge in [-0.25, -0.2) is 12.7 Å². The van der Waals surface area contributed by atoms with Crippen LogP contribution in [-0.2, 0) is 19.6 Å². The summed E-state index contributed by atoms with van der Waals surface area (Å²) in [6, 6.07) is 10.6. The van der Waals surface area contributed by atoms with Crippen molar-refractivity contribution in [2.24, 2.45) is 0 Å². The van der Waals surface area contributed by atoms with Crippen LogP contribution in [0.3, 0.4) is 0 Å². The lowest BCUT2D eigenvalue weighted by Gasteiger charge is -2.16. The average Bonchev–Trinajstić information content (AvgIpc) is 2.62. The molecule has 10 heteroatoms. The number of benzene rings is 2. The molecule has 0 aliphatic heterocycles. The van der Waals surface area contributed by atoms with E-state index >= 15 is 0 Å². The van der Waals surface area contributed by atoms with Crippen molar-refractivity contribution in [1.29, 1.82) is 0 Å². The molecule has 0 aliphatic carbocycles. The van der Waals surface area contributed by atoms with Gasteiger partial charge in [0.2, 0.25) is 15.9 Å². The fraction of sp³-hybridized carbons (Fsp3) is 0.222. The van der Waals surface area contributed by atoms with Crippen molar-refractivity contribution >= 4 is 27.6 Å². The molecule has 0 unspecified atom stereocenters. The Morgan fingerprint density at radius 3 is 2.21 bits per heavy atom. The fourth-order valence-corrected chi connectivity index (χ4v) is 3.27. The Hall–Kier alpha value is -3.11. The number of aliphatic carboxylic acids is 1. The monoisotopic (exact) mass is 408 g/mol. The summed E-state index contributed by atoms with van der Waals surface area (Å²) in [5.74, 6) is -0.994. The van der Waals surface area contributed by atoms with Gasteiger partial charge in [0, 0.05) is 25.8 Å². The molecule has 0 atom stereocenters. The maximum atomic E-state index is 12.4. The SMILES string of the molecule is COc1ccc(Oc2ccc(NC(=O)CC(=O)O)cc2)cc1S(=O)(=O)N(C)C. The first-order chi connectivity index (χ1) is 13.1. The summed E-state index contributed by atoms with van der Waals surface area (Å²) in [5.41, 5.74) is 0.407. The molecule has 0 bridgehead atoms. The van der Waals surface area contributed by atoms with Gasteiger partial charge in [-0.2, -0.15) is 0 Å². The second-order valence-corrected chi connectivity index (χ2v) is 7.97.